The number of fused-ring (bicyclic) bond motifs is 1. The third-order valence-corrected chi connectivity index (χ3v) is 8.45. The Morgan fingerprint density at radius 1 is 1.18 bits per heavy atom. The lowest BCUT2D eigenvalue weighted by Gasteiger charge is -2.31. The van der Waals surface area contributed by atoms with E-state index in [1.165, 1.54) is 17.7 Å². The van der Waals surface area contributed by atoms with Crippen LogP contribution in [0.25, 0.3) is 0 Å². The number of carbonyl (C=O) groups excluding carboxylic acids is 2. The molecule has 2 aromatic rings. The van der Waals surface area contributed by atoms with Crippen molar-refractivity contribution in [1.29, 1.82) is 0 Å². The number of rotatable bonds is 12. The summed E-state index contributed by atoms with van der Waals surface area (Å²) >= 11 is 7.76. The van der Waals surface area contributed by atoms with Crippen molar-refractivity contribution >= 4 is 43.5 Å². The van der Waals surface area contributed by atoms with E-state index in [0.29, 0.717) is 12.0 Å². The van der Waals surface area contributed by atoms with Crippen molar-refractivity contribution in [3.8, 4) is 5.75 Å². The molecule has 14 heteroatoms. The molecule has 2 aliphatic heterocycles. The number of nitrogens with zero attached hydrogens (tertiary/aromatic N) is 1. The van der Waals surface area contributed by atoms with E-state index < -0.39 is 13.9 Å². The van der Waals surface area contributed by atoms with Crippen LogP contribution in [0.15, 0.2) is 48.5 Å². The quantitative estimate of drug-likeness (QED) is 0.158. The average molecular weight is 598 g/mol. The molecule has 212 valence electrons. The molecule has 2 heterocycles. The maximum absolute atomic E-state index is 13.2. The third kappa shape index (κ3) is 8.92. The van der Waals surface area contributed by atoms with Gasteiger partial charge in [-0.05, 0) is 54.7 Å². The lowest BCUT2D eigenvalue weighted by atomic mass is 10.0. The van der Waals surface area contributed by atoms with Crippen molar-refractivity contribution in [2.24, 2.45) is 0 Å². The zero-order valence-electron chi connectivity index (χ0n) is 21.2. The highest BCUT2D eigenvalue weighted by molar-refractivity contribution is 7.99. The van der Waals surface area contributed by atoms with Crippen molar-refractivity contribution in [3.63, 3.8) is 0 Å². The Balaban J connectivity index is 1.33. The molecular formula is C25H33ClN5O6PS. The number of amides is 2. The number of hydrogen-bond donors (Lipinski definition) is 6. The fourth-order valence-electron chi connectivity index (χ4n) is 4.80. The van der Waals surface area contributed by atoms with Crippen LogP contribution in [0.4, 0.5) is 0 Å². The van der Waals surface area contributed by atoms with Crippen LogP contribution in [-0.4, -0.2) is 69.5 Å². The second kappa shape index (κ2) is 14.0. The molecule has 0 aliphatic carbocycles. The van der Waals surface area contributed by atoms with Gasteiger partial charge >= 0.3 is 7.82 Å². The normalized spacial score (nSPS) is 22.4. The first kappa shape index (κ1) is 29.8. The maximum atomic E-state index is 13.2. The average Bonchev–Trinajstić information content (AvgIpc) is 3.18. The van der Waals surface area contributed by atoms with Gasteiger partial charge in [0.15, 0.2) is 0 Å². The molecule has 0 bridgehead atoms. The summed E-state index contributed by atoms with van der Waals surface area (Å²) in [7, 11) is -4.66. The van der Waals surface area contributed by atoms with Gasteiger partial charge < -0.3 is 15.2 Å². The summed E-state index contributed by atoms with van der Waals surface area (Å²) in [5, 5.41) is 6.44. The smallest absolute Gasteiger partial charge is 0.404 e. The largest absolute Gasteiger partial charge is 0.524 e. The molecular weight excluding hydrogens is 565 g/mol. The number of phosphoric acid groups is 1. The molecule has 4 rings (SSSR count). The van der Waals surface area contributed by atoms with Gasteiger partial charge in [-0.15, -0.1) is 0 Å². The number of hydrazine groups is 1. The van der Waals surface area contributed by atoms with Gasteiger partial charge in [0, 0.05) is 29.5 Å². The molecule has 2 aliphatic rings. The van der Waals surface area contributed by atoms with Gasteiger partial charge in [-0.1, -0.05) is 35.9 Å². The number of benzene rings is 2. The second-order valence-corrected chi connectivity index (χ2v) is 12.2. The predicted molar refractivity (Wildman–Crippen MR) is 150 cm³/mol. The van der Waals surface area contributed by atoms with Crippen molar-refractivity contribution in [3.05, 3.63) is 64.7 Å². The molecule has 39 heavy (non-hydrogen) atoms. The molecule has 0 aromatic heterocycles. The van der Waals surface area contributed by atoms with Crippen molar-refractivity contribution in [2.75, 3.05) is 18.1 Å². The van der Waals surface area contributed by atoms with Gasteiger partial charge in [0.1, 0.15) is 11.8 Å². The van der Waals surface area contributed by atoms with E-state index in [2.05, 4.69) is 30.9 Å². The Bertz CT molecular complexity index is 1150. The molecule has 2 aromatic carbocycles. The van der Waals surface area contributed by atoms with Gasteiger partial charge in [-0.25, -0.2) is 15.4 Å². The van der Waals surface area contributed by atoms with Crippen LogP contribution < -0.4 is 26.0 Å². The van der Waals surface area contributed by atoms with Gasteiger partial charge in [0.25, 0.3) is 0 Å². The Hall–Kier alpha value is -2.15. The Morgan fingerprint density at radius 2 is 1.90 bits per heavy atom. The third-order valence-electron chi connectivity index (χ3n) is 6.68. The zero-order valence-corrected chi connectivity index (χ0v) is 23.6. The van der Waals surface area contributed by atoms with Crippen LogP contribution in [0.3, 0.4) is 0 Å². The highest BCUT2D eigenvalue weighted by Gasteiger charge is 2.40. The fraction of sp³-hybridized carbons (Fsp3) is 0.440. The van der Waals surface area contributed by atoms with Crippen LogP contribution in [-0.2, 0) is 27.0 Å². The Morgan fingerprint density at radius 3 is 2.59 bits per heavy atom. The molecule has 2 fully saturated rings. The van der Waals surface area contributed by atoms with Gasteiger partial charge in [0.2, 0.25) is 12.3 Å². The number of aryl methyl sites for hydroxylation is 1. The van der Waals surface area contributed by atoms with E-state index in [9.17, 15) is 14.2 Å². The highest BCUT2D eigenvalue weighted by Crippen LogP contribution is 2.37. The van der Waals surface area contributed by atoms with Crippen molar-refractivity contribution in [1.82, 2.24) is 26.4 Å². The number of thioether (sulfide) groups is 1. The van der Waals surface area contributed by atoms with E-state index in [1.807, 2.05) is 24.3 Å². The van der Waals surface area contributed by atoms with E-state index in [1.54, 1.807) is 23.9 Å². The van der Waals surface area contributed by atoms with E-state index >= 15 is 0 Å². The molecule has 4 unspecified atom stereocenters. The monoisotopic (exact) mass is 597 g/mol. The first-order valence-electron chi connectivity index (χ1n) is 12.6. The van der Waals surface area contributed by atoms with Crippen molar-refractivity contribution in [2.45, 2.75) is 50.1 Å². The second-order valence-electron chi connectivity index (χ2n) is 9.46. The Labute approximate surface area is 236 Å². The maximum Gasteiger partial charge on any atom is 0.524 e. The summed E-state index contributed by atoms with van der Waals surface area (Å²) in [6.45, 7) is 0.881. The van der Waals surface area contributed by atoms with E-state index in [4.69, 9.17) is 21.4 Å². The van der Waals surface area contributed by atoms with Gasteiger partial charge in [0.05, 0.1) is 18.4 Å². The van der Waals surface area contributed by atoms with Gasteiger partial charge in [-0.3, -0.25) is 24.3 Å². The molecule has 6 N–H and O–H groups in total. The molecule has 2 saturated heterocycles. The topological polar surface area (TPSA) is 152 Å². The van der Waals surface area contributed by atoms with E-state index in [-0.39, 0.29) is 36.5 Å². The minimum atomic E-state index is -4.66. The van der Waals surface area contributed by atoms with Crippen LogP contribution in [0.1, 0.15) is 24.0 Å². The summed E-state index contributed by atoms with van der Waals surface area (Å²) in [6, 6.07) is 12.9. The SMILES string of the molecule is O=CNC(Cc1ccc(OP(=O)(O)O)cc1)C(=O)NC1CSCCN2C(CCCc3ccc(Cl)cc3)NNC12. The fourth-order valence-corrected chi connectivity index (χ4v) is 6.35. The number of hydrogen-bond acceptors (Lipinski definition) is 8. The highest BCUT2D eigenvalue weighted by atomic mass is 35.5. The summed E-state index contributed by atoms with van der Waals surface area (Å²) < 4.78 is 15.6. The van der Waals surface area contributed by atoms with E-state index in [0.717, 1.165) is 42.3 Å². The molecule has 0 saturated carbocycles. The summed E-state index contributed by atoms with van der Waals surface area (Å²) in [4.78, 5) is 44.8. The summed E-state index contributed by atoms with van der Waals surface area (Å²) in [6.07, 6.45) is 3.63. The standard InChI is InChI=1S/C25H33ClN5O6PS/c26-19-8-4-17(5-9-19)2-1-3-23-29-30-24-22(15-39-13-12-31(23)24)28-25(33)21(27-16-32)14-18-6-10-20(11-7-18)37-38(34,35)36/h4-11,16,21-24,29-30H,1-3,12-15H2,(H,27,32)(H,28,33)(H2,34,35,36). The van der Waals surface area contributed by atoms with Crippen molar-refractivity contribution < 1.29 is 28.5 Å². The minimum Gasteiger partial charge on any atom is -0.404 e. The van der Waals surface area contributed by atoms with Crippen LogP contribution in [0.2, 0.25) is 5.02 Å². The molecule has 11 nitrogen and oxygen atoms in total. The van der Waals surface area contributed by atoms with Crippen LogP contribution >= 0.6 is 31.2 Å². The lowest BCUT2D eigenvalue weighted by Crippen LogP contribution is -2.58. The summed E-state index contributed by atoms with van der Waals surface area (Å²) in [5.74, 6) is 1.37. The van der Waals surface area contributed by atoms with Gasteiger partial charge in [-0.2, -0.15) is 11.8 Å². The lowest BCUT2D eigenvalue weighted by molar-refractivity contribution is -0.126. The summed E-state index contributed by atoms with van der Waals surface area (Å²) in [5.41, 5.74) is 8.71. The van der Waals surface area contributed by atoms with Crippen LogP contribution in [0.5, 0.6) is 5.75 Å². The molecule has 2 amide bonds. The number of carbonyl (C=O) groups is 2. The Kier molecular flexibility index (Phi) is 10.7. The number of halogens is 1. The van der Waals surface area contributed by atoms with Crippen LogP contribution in [0, 0.1) is 0 Å². The first-order valence-corrected chi connectivity index (χ1v) is 15.7. The predicted octanol–water partition coefficient (Wildman–Crippen LogP) is 1.79. The molecule has 4 atom stereocenters. The zero-order chi connectivity index (χ0) is 27.8. The molecule has 0 spiro atoms. The number of phosphoric ester groups is 1. The molecule has 0 radical (unpaired) electrons. The first-order chi connectivity index (χ1) is 18.7. The minimum absolute atomic E-state index is 0.00882. The number of nitrogens with one attached hydrogen (secondary N) is 4.